The fourth-order valence-corrected chi connectivity index (χ4v) is 2.06. The van der Waals surface area contributed by atoms with Crippen LogP contribution in [0.3, 0.4) is 0 Å². The number of nitrogens with one attached hydrogen (secondary N) is 1. The van der Waals surface area contributed by atoms with Crippen molar-refractivity contribution in [2.75, 3.05) is 5.32 Å². The van der Waals surface area contributed by atoms with Crippen molar-refractivity contribution in [3.63, 3.8) is 0 Å². The Bertz CT molecular complexity index is 639. The molecule has 0 fully saturated rings. The predicted molar refractivity (Wildman–Crippen MR) is 86.8 cm³/mol. The van der Waals surface area contributed by atoms with E-state index in [4.69, 9.17) is 4.74 Å². The maximum Gasteiger partial charge on any atom is 0.257 e. The molecule has 1 heterocycles. The van der Waals surface area contributed by atoms with Crippen LogP contribution in [0.1, 0.15) is 29.8 Å². The summed E-state index contributed by atoms with van der Waals surface area (Å²) >= 11 is 3.24. The summed E-state index contributed by atoms with van der Waals surface area (Å²) in [5, 5.41) is 2.88. The van der Waals surface area contributed by atoms with Crippen molar-refractivity contribution < 1.29 is 9.53 Å². The average molecular weight is 349 g/mol. The molecular formula is C16H17BrN2O2. The number of rotatable bonds is 4. The van der Waals surface area contributed by atoms with Crippen LogP contribution >= 0.6 is 15.9 Å². The highest BCUT2D eigenvalue weighted by atomic mass is 79.9. The van der Waals surface area contributed by atoms with Crippen LogP contribution in [-0.4, -0.2) is 17.0 Å². The first-order valence-electron chi connectivity index (χ1n) is 6.66. The van der Waals surface area contributed by atoms with E-state index in [-0.39, 0.29) is 12.0 Å². The topological polar surface area (TPSA) is 51.2 Å². The Balaban J connectivity index is 2.12. The number of pyridine rings is 1. The highest BCUT2D eigenvalue weighted by Gasteiger charge is 2.09. The van der Waals surface area contributed by atoms with E-state index in [1.807, 2.05) is 39.0 Å². The Morgan fingerprint density at radius 3 is 2.62 bits per heavy atom. The van der Waals surface area contributed by atoms with Gasteiger partial charge >= 0.3 is 0 Å². The van der Waals surface area contributed by atoms with Crippen molar-refractivity contribution >= 4 is 27.5 Å². The minimum atomic E-state index is -0.185. The number of ether oxygens (including phenoxy) is 1. The summed E-state index contributed by atoms with van der Waals surface area (Å²) in [5.41, 5.74) is 2.23. The molecule has 0 radical (unpaired) electrons. The van der Waals surface area contributed by atoms with Crippen LogP contribution in [0.4, 0.5) is 5.69 Å². The smallest absolute Gasteiger partial charge is 0.257 e. The molecule has 0 aliphatic rings. The number of hydrogen-bond acceptors (Lipinski definition) is 3. The van der Waals surface area contributed by atoms with Gasteiger partial charge in [-0.15, -0.1) is 0 Å². The number of amides is 1. The second kappa shape index (κ2) is 6.72. The van der Waals surface area contributed by atoms with Gasteiger partial charge in [0.15, 0.2) is 0 Å². The first-order chi connectivity index (χ1) is 9.95. The number of nitrogens with zero attached hydrogens (tertiary/aromatic N) is 1. The molecule has 5 heteroatoms. The largest absolute Gasteiger partial charge is 0.491 e. The zero-order chi connectivity index (χ0) is 15.4. The summed E-state index contributed by atoms with van der Waals surface area (Å²) in [7, 11) is 0. The summed E-state index contributed by atoms with van der Waals surface area (Å²) in [6.45, 7) is 5.89. The van der Waals surface area contributed by atoms with E-state index < -0.39 is 0 Å². The molecule has 0 spiro atoms. The van der Waals surface area contributed by atoms with E-state index in [2.05, 4.69) is 26.2 Å². The third kappa shape index (κ3) is 4.29. The van der Waals surface area contributed by atoms with Gasteiger partial charge in [-0.05, 0) is 72.6 Å². The molecular weight excluding hydrogens is 332 g/mol. The van der Waals surface area contributed by atoms with E-state index >= 15 is 0 Å². The molecule has 110 valence electrons. The van der Waals surface area contributed by atoms with Crippen LogP contribution in [0, 0.1) is 6.92 Å². The van der Waals surface area contributed by atoms with Crippen molar-refractivity contribution in [3.05, 3.63) is 52.3 Å². The molecule has 0 unspecified atom stereocenters. The number of anilines is 1. The molecule has 1 aromatic carbocycles. The SMILES string of the molecule is Cc1cc(OC(C)C)ccc1NC(=O)c1ccc(Br)nc1. The molecule has 2 aromatic rings. The number of halogens is 1. The Hall–Kier alpha value is -1.88. The molecule has 0 saturated carbocycles. The number of benzene rings is 1. The summed E-state index contributed by atoms with van der Waals surface area (Å²) < 4.78 is 6.32. The van der Waals surface area contributed by atoms with Crippen molar-refractivity contribution in [2.24, 2.45) is 0 Å². The molecule has 0 atom stereocenters. The average Bonchev–Trinajstić information content (AvgIpc) is 2.42. The first kappa shape index (κ1) is 15.5. The minimum absolute atomic E-state index is 0.124. The molecule has 2 rings (SSSR count). The molecule has 0 bridgehead atoms. The van der Waals surface area contributed by atoms with Crippen LogP contribution in [0.2, 0.25) is 0 Å². The molecule has 0 aliphatic carbocycles. The van der Waals surface area contributed by atoms with Gasteiger partial charge in [0, 0.05) is 11.9 Å². The number of aromatic nitrogens is 1. The second-order valence-electron chi connectivity index (χ2n) is 4.97. The normalized spacial score (nSPS) is 10.5. The zero-order valence-corrected chi connectivity index (χ0v) is 13.8. The molecule has 1 N–H and O–H groups in total. The van der Waals surface area contributed by atoms with Gasteiger partial charge in [-0.25, -0.2) is 4.98 Å². The molecule has 0 aliphatic heterocycles. The fourth-order valence-electron chi connectivity index (χ4n) is 1.83. The summed E-state index contributed by atoms with van der Waals surface area (Å²) in [6, 6.07) is 9.06. The Morgan fingerprint density at radius 2 is 2.05 bits per heavy atom. The van der Waals surface area contributed by atoms with E-state index in [1.165, 1.54) is 6.20 Å². The van der Waals surface area contributed by atoms with Crippen LogP contribution in [-0.2, 0) is 0 Å². The van der Waals surface area contributed by atoms with Crippen LogP contribution < -0.4 is 10.1 Å². The molecule has 4 nitrogen and oxygen atoms in total. The third-order valence-electron chi connectivity index (χ3n) is 2.81. The molecule has 1 aromatic heterocycles. The second-order valence-corrected chi connectivity index (χ2v) is 5.78. The lowest BCUT2D eigenvalue weighted by Crippen LogP contribution is -2.13. The van der Waals surface area contributed by atoms with E-state index in [0.29, 0.717) is 10.2 Å². The number of hydrogen-bond donors (Lipinski definition) is 1. The van der Waals surface area contributed by atoms with Crippen molar-refractivity contribution in [1.82, 2.24) is 4.98 Å². The Labute approximate surface area is 132 Å². The van der Waals surface area contributed by atoms with Gasteiger partial charge in [0.25, 0.3) is 5.91 Å². The van der Waals surface area contributed by atoms with Gasteiger partial charge in [-0.1, -0.05) is 0 Å². The lowest BCUT2D eigenvalue weighted by Gasteiger charge is -2.13. The van der Waals surface area contributed by atoms with Crippen LogP contribution in [0.15, 0.2) is 41.1 Å². The molecule has 21 heavy (non-hydrogen) atoms. The highest BCUT2D eigenvalue weighted by molar-refractivity contribution is 9.10. The maximum absolute atomic E-state index is 12.1. The summed E-state index contributed by atoms with van der Waals surface area (Å²) in [6.07, 6.45) is 1.66. The molecule has 1 amide bonds. The lowest BCUT2D eigenvalue weighted by molar-refractivity contribution is 0.102. The number of aryl methyl sites for hydroxylation is 1. The van der Waals surface area contributed by atoms with Gasteiger partial charge in [-0.3, -0.25) is 4.79 Å². The summed E-state index contributed by atoms with van der Waals surface area (Å²) in [4.78, 5) is 16.2. The van der Waals surface area contributed by atoms with Gasteiger partial charge in [0.05, 0.1) is 11.7 Å². The van der Waals surface area contributed by atoms with Crippen molar-refractivity contribution in [1.29, 1.82) is 0 Å². The fraction of sp³-hybridized carbons (Fsp3) is 0.250. The van der Waals surface area contributed by atoms with Gasteiger partial charge < -0.3 is 10.1 Å². The monoisotopic (exact) mass is 348 g/mol. The Kier molecular flexibility index (Phi) is 4.96. The van der Waals surface area contributed by atoms with Crippen molar-refractivity contribution in [2.45, 2.75) is 26.9 Å². The Morgan fingerprint density at radius 1 is 1.29 bits per heavy atom. The quantitative estimate of drug-likeness (QED) is 0.842. The van der Waals surface area contributed by atoms with Gasteiger partial charge in [0.1, 0.15) is 10.4 Å². The lowest BCUT2D eigenvalue weighted by atomic mass is 10.1. The number of carbonyl (C=O) groups is 1. The predicted octanol–water partition coefficient (Wildman–Crippen LogP) is 4.19. The van der Waals surface area contributed by atoms with E-state index in [1.54, 1.807) is 12.1 Å². The van der Waals surface area contributed by atoms with Gasteiger partial charge in [-0.2, -0.15) is 0 Å². The standard InChI is InChI=1S/C16H17BrN2O2/c1-10(2)21-13-5-6-14(11(3)8-13)19-16(20)12-4-7-15(17)18-9-12/h4-10H,1-3H3,(H,19,20). The maximum atomic E-state index is 12.1. The van der Waals surface area contributed by atoms with Gasteiger partial charge in [0.2, 0.25) is 0 Å². The van der Waals surface area contributed by atoms with Crippen LogP contribution in [0.5, 0.6) is 5.75 Å². The highest BCUT2D eigenvalue weighted by Crippen LogP contribution is 2.22. The molecule has 0 saturated heterocycles. The number of carbonyl (C=O) groups excluding carboxylic acids is 1. The first-order valence-corrected chi connectivity index (χ1v) is 7.45. The zero-order valence-electron chi connectivity index (χ0n) is 12.2. The van der Waals surface area contributed by atoms with Crippen molar-refractivity contribution in [3.8, 4) is 5.75 Å². The minimum Gasteiger partial charge on any atom is -0.491 e. The van der Waals surface area contributed by atoms with E-state index in [0.717, 1.165) is 17.0 Å². The third-order valence-corrected chi connectivity index (χ3v) is 3.28. The van der Waals surface area contributed by atoms with Crippen LogP contribution in [0.25, 0.3) is 0 Å². The van der Waals surface area contributed by atoms with E-state index in [9.17, 15) is 4.79 Å². The summed E-state index contributed by atoms with van der Waals surface area (Å²) in [5.74, 6) is 0.612.